The standard InChI is InChI=1S/C23H23F3N4O2/c1-15-3-2-7-28-20(15)21(32)29-8-6-17-11-30(13-22(17,12-29)14-31)18-5-4-16(10-27)19(9-18)23(24,25)26/h2-5,7,9,17,31H,6,8,11-14H2,1H3/t17-,22+/m0/s1. The third kappa shape index (κ3) is 3.79. The van der Waals surface area contributed by atoms with Crippen LogP contribution in [0.25, 0.3) is 0 Å². The van der Waals surface area contributed by atoms with E-state index in [1.165, 1.54) is 12.1 Å². The number of nitriles is 1. The average Bonchev–Trinajstić information content (AvgIpc) is 3.17. The molecule has 3 heterocycles. The number of carbonyl (C=O) groups excluding carboxylic acids is 1. The first kappa shape index (κ1) is 22.1. The molecule has 0 radical (unpaired) electrons. The Morgan fingerprint density at radius 3 is 2.78 bits per heavy atom. The number of aryl methyl sites for hydroxylation is 1. The van der Waals surface area contributed by atoms with Gasteiger partial charge in [-0.25, -0.2) is 0 Å². The van der Waals surface area contributed by atoms with Crippen LogP contribution in [0.2, 0.25) is 0 Å². The molecule has 0 aliphatic carbocycles. The number of pyridine rings is 1. The third-order valence-corrected chi connectivity index (χ3v) is 6.67. The van der Waals surface area contributed by atoms with Gasteiger partial charge in [-0.1, -0.05) is 6.07 Å². The average molecular weight is 444 g/mol. The molecule has 6 nitrogen and oxygen atoms in total. The smallest absolute Gasteiger partial charge is 0.396 e. The summed E-state index contributed by atoms with van der Waals surface area (Å²) in [6.07, 6.45) is -2.43. The molecule has 168 valence electrons. The molecule has 1 aromatic carbocycles. The Balaban J connectivity index is 1.59. The number of carbonyl (C=O) groups is 1. The van der Waals surface area contributed by atoms with Crippen LogP contribution in [0.3, 0.4) is 0 Å². The van der Waals surface area contributed by atoms with Crippen LogP contribution in [-0.2, 0) is 6.18 Å². The van der Waals surface area contributed by atoms with Crippen LogP contribution in [0.1, 0.15) is 33.6 Å². The number of nitrogens with zero attached hydrogens (tertiary/aromatic N) is 4. The Bertz CT molecular complexity index is 1080. The van der Waals surface area contributed by atoms with Gasteiger partial charge in [0.25, 0.3) is 5.91 Å². The van der Waals surface area contributed by atoms with Gasteiger partial charge in [-0.2, -0.15) is 18.4 Å². The minimum atomic E-state index is -4.63. The van der Waals surface area contributed by atoms with Crippen molar-refractivity contribution >= 4 is 11.6 Å². The lowest BCUT2D eigenvalue weighted by Crippen LogP contribution is -2.52. The molecule has 0 bridgehead atoms. The summed E-state index contributed by atoms with van der Waals surface area (Å²) in [5.74, 6) is -0.170. The maximum Gasteiger partial charge on any atom is 0.417 e. The van der Waals surface area contributed by atoms with Crippen molar-refractivity contribution in [2.75, 3.05) is 37.7 Å². The molecule has 1 N–H and O–H groups in total. The fourth-order valence-electron chi connectivity index (χ4n) is 4.90. The molecule has 0 saturated carbocycles. The highest BCUT2D eigenvalue weighted by atomic mass is 19.4. The number of halogens is 3. The highest BCUT2D eigenvalue weighted by Crippen LogP contribution is 2.44. The highest BCUT2D eigenvalue weighted by Gasteiger charge is 2.50. The Hall–Kier alpha value is -3.12. The molecular formula is C23H23F3N4O2. The minimum absolute atomic E-state index is 0.0337. The molecule has 4 rings (SSSR count). The Morgan fingerprint density at radius 2 is 2.12 bits per heavy atom. The van der Waals surface area contributed by atoms with Crippen molar-refractivity contribution in [1.29, 1.82) is 5.26 Å². The second kappa shape index (κ2) is 8.10. The summed E-state index contributed by atoms with van der Waals surface area (Å²) in [6, 6.07) is 8.87. The van der Waals surface area contributed by atoms with Crippen LogP contribution in [-0.4, -0.2) is 53.7 Å². The number of hydrogen-bond acceptors (Lipinski definition) is 5. The van der Waals surface area contributed by atoms with E-state index in [2.05, 4.69) is 4.98 Å². The minimum Gasteiger partial charge on any atom is -0.396 e. The lowest BCUT2D eigenvalue weighted by atomic mass is 9.74. The zero-order valence-corrected chi connectivity index (χ0v) is 17.6. The van der Waals surface area contributed by atoms with E-state index >= 15 is 0 Å². The molecule has 0 spiro atoms. The van der Waals surface area contributed by atoms with Gasteiger partial charge in [0, 0.05) is 43.5 Å². The van der Waals surface area contributed by atoms with Crippen molar-refractivity contribution in [2.45, 2.75) is 19.5 Å². The molecule has 2 atom stereocenters. The van der Waals surface area contributed by atoms with E-state index < -0.39 is 22.7 Å². The molecular weight excluding hydrogens is 421 g/mol. The predicted octanol–water partition coefficient (Wildman–Crippen LogP) is 3.24. The summed E-state index contributed by atoms with van der Waals surface area (Å²) in [7, 11) is 0. The van der Waals surface area contributed by atoms with Gasteiger partial charge >= 0.3 is 6.18 Å². The number of amides is 1. The number of anilines is 1. The Labute approximate surface area is 183 Å². The van der Waals surface area contributed by atoms with Crippen LogP contribution in [0.15, 0.2) is 36.5 Å². The fourth-order valence-corrected chi connectivity index (χ4v) is 4.90. The molecule has 2 aliphatic heterocycles. The SMILES string of the molecule is Cc1cccnc1C(=O)N1CC[C@H]2CN(c3ccc(C#N)c(C(F)(F)F)c3)C[C@@]2(CO)C1. The number of piperidine rings is 1. The van der Waals surface area contributed by atoms with Crippen molar-refractivity contribution < 1.29 is 23.1 Å². The summed E-state index contributed by atoms with van der Waals surface area (Å²) in [6.45, 7) is 3.24. The summed E-state index contributed by atoms with van der Waals surface area (Å²) in [5.41, 5.74) is -0.524. The van der Waals surface area contributed by atoms with Crippen molar-refractivity contribution in [3.8, 4) is 6.07 Å². The Kier molecular flexibility index (Phi) is 5.59. The van der Waals surface area contributed by atoms with Gasteiger partial charge in [0.1, 0.15) is 5.69 Å². The van der Waals surface area contributed by atoms with E-state index in [0.717, 1.165) is 11.6 Å². The van der Waals surface area contributed by atoms with Crippen molar-refractivity contribution in [3.05, 3.63) is 58.9 Å². The van der Waals surface area contributed by atoms with Crippen LogP contribution >= 0.6 is 0 Å². The van der Waals surface area contributed by atoms with Crippen molar-refractivity contribution in [2.24, 2.45) is 11.3 Å². The van der Waals surface area contributed by atoms with Gasteiger partial charge in [-0.15, -0.1) is 0 Å². The molecule has 0 unspecified atom stereocenters. The zero-order chi connectivity index (χ0) is 23.1. The maximum atomic E-state index is 13.4. The quantitative estimate of drug-likeness (QED) is 0.786. The topological polar surface area (TPSA) is 80.5 Å². The van der Waals surface area contributed by atoms with E-state index in [9.17, 15) is 23.1 Å². The lowest BCUT2D eigenvalue weighted by molar-refractivity contribution is -0.137. The molecule has 1 amide bonds. The number of rotatable bonds is 3. The number of alkyl halides is 3. The Morgan fingerprint density at radius 1 is 1.34 bits per heavy atom. The van der Waals surface area contributed by atoms with Gasteiger partial charge < -0.3 is 14.9 Å². The number of benzene rings is 1. The van der Waals surface area contributed by atoms with Gasteiger partial charge in [0.2, 0.25) is 0 Å². The number of likely N-dealkylation sites (tertiary alicyclic amines) is 1. The number of aromatic nitrogens is 1. The largest absolute Gasteiger partial charge is 0.417 e. The van der Waals surface area contributed by atoms with E-state index in [-0.39, 0.29) is 18.4 Å². The summed E-state index contributed by atoms with van der Waals surface area (Å²) in [5, 5.41) is 19.3. The number of aliphatic hydroxyl groups is 1. The molecule has 32 heavy (non-hydrogen) atoms. The van der Waals surface area contributed by atoms with E-state index in [1.807, 2.05) is 17.9 Å². The number of fused-ring (bicyclic) bond motifs is 1. The van der Waals surface area contributed by atoms with E-state index in [4.69, 9.17) is 5.26 Å². The fraction of sp³-hybridized carbons (Fsp3) is 0.435. The van der Waals surface area contributed by atoms with Crippen LogP contribution in [0.5, 0.6) is 0 Å². The van der Waals surface area contributed by atoms with Crippen LogP contribution in [0, 0.1) is 29.6 Å². The molecule has 1 aromatic heterocycles. The highest BCUT2D eigenvalue weighted by molar-refractivity contribution is 5.93. The van der Waals surface area contributed by atoms with Gasteiger partial charge in [0.05, 0.1) is 23.8 Å². The summed E-state index contributed by atoms with van der Waals surface area (Å²) >= 11 is 0. The predicted molar refractivity (Wildman–Crippen MR) is 111 cm³/mol. The first-order chi connectivity index (χ1) is 15.2. The zero-order valence-electron chi connectivity index (χ0n) is 17.6. The van der Waals surface area contributed by atoms with Gasteiger partial charge in [0.15, 0.2) is 0 Å². The first-order valence-corrected chi connectivity index (χ1v) is 10.4. The molecule has 2 saturated heterocycles. The second-order valence-electron chi connectivity index (χ2n) is 8.62. The first-order valence-electron chi connectivity index (χ1n) is 10.4. The summed E-state index contributed by atoms with van der Waals surface area (Å²) in [4.78, 5) is 20.8. The van der Waals surface area contributed by atoms with Crippen molar-refractivity contribution in [1.82, 2.24) is 9.88 Å². The third-order valence-electron chi connectivity index (χ3n) is 6.67. The van der Waals surface area contributed by atoms with E-state index in [1.54, 1.807) is 23.2 Å². The van der Waals surface area contributed by atoms with Crippen LogP contribution < -0.4 is 4.90 Å². The van der Waals surface area contributed by atoms with Crippen LogP contribution in [0.4, 0.5) is 18.9 Å². The van der Waals surface area contributed by atoms with Gasteiger partial charge in [-0.05, 0) is 49.1 Å². The summed E-state index contributed by atoms with van der Waals surface area (Å²) < 4.78 is 40.2. The van der Waals surface area contributed by atoms with E-state index in [0.29, 0.717) is 44.0 Å². The lowest BCUT2D eigenvalue weighted by Gasteiger charge is -2.43. The van der Waals surface area contributed by atoms with Crippen molar-refractivity contribution in [3.63, 3.8) is 0 Å². The second-order valence-corrected chi connectivity index (χ2v) is 8.62. The van der Waals surface area contributed by atoms with Gasteiger partial charge in [-0.3, -0.25) is 9.78 Å². The number of hydrogen-bond donors (Lipinski definition) is 1. The monoisotopic (exact) mass is 444 g/mol. The molecule has 2 aliphatic rings. The normalized spacial score (nSPS) is 23.1. The molecule has 2 aromatic rings. The molecule has 2 fully saturated rings. The number of aliphatic hydroxyl groups excluding tert-OH is 1. The maximum absolute atomic E-state index is 13.4. The molecule has 9 heteroatoms.